The molecule has 1 aromatic heterocycles. The van der Waals surface area contributed by atoms with Gasteiger partial charge in [-0.2, -0.15) is 5.10 Å². The van der Waals surface area contributed by atoms with Crippen molar-refractivity contribution in [3.63, 3.8) is 0 Å². The van der Waals surface area contributed by atoms with E-state index in [0.717, 1.165) is 0 Å². The fourth-order valence-corrected chi connectivity index (χ4v) is 3.04. The zero-order valence-electron chi connectivity index (χ0n) is 12.1. The third-order valence-corrected chi connectivity index (χ3v) is 4.93. The maximum absolute atomic E-state index is 12.3. The lowest BCUT2D eigenvalue weighted by molar-refractivity contribution is 0.199. The predicted molar refractivity (Wildman–Crippen MR) is 74.2 cm³/mol. The average molecular weight is 289 g/mol. The van der Waals surface area contributed by atoms with Gasteiger partial charge in [0.15, 0.2) is 0 Å². The van der Waals surface area contributed by atoms with E-state index in [4.69, 9.17) is 5.73 Å². The van der Waals surface area contributed by atoms with Crippen molar-refractivity contribution in [2.75, 3.05) is 20.6 Å². The standard InChI is InChI=1S/C11H23N5O2S/c1-8-10(9(6-12)15-14-8)19(17,18)13-7-11(2,3)16(4)5/h13H,6-7,12H2,1-5H3,(H,14,15). The Balaban J connectivity index is 2.97. The number of rotatable bonds is 6. The summed E-state index contributed by atoms with van der Waals surface area (Å²) in [6.07, 6.45) is 0. The van der Waals surface area contributed by atoms with Gasteiger partial charge in [-0.1, -0.05) is 0 Å². The van der Waals surface area contributed by atoms with Crippen LogP contribution in [0.25, 0.3) is 0 Å². The van der Waals surface area contributed by atoms with Gasteiger partial charge >= 0.3 is 0 Å². The minimum absolute atomic E-state index is 0.0810. The number of aromatic nitrogens is 2. The maximum Gasteiger partial charge on any atom is 0.244 e. The van der Waals surface area contributed by atoms with Crippen molar-refractivity contribution in [2.45, 2.75) is 37.8 Å². The molecule has 0 amide bonds. The molecular weight excluding hydrogens is 266 g/mol. The number of aryl methyl sites for hydroxylation is 1. The van der Waals surface area contributed by atoms with Crippen LogP contribution < -0.4 is 10.5 Å². The zero-order chi connectivity index (χ0) is 14.8. The molecule has 0 saturated carbocycles. The van der Waals surface area contributed by atoms with E-state index in [-0.39, 0.29) is 17.0 Å². The normalized spacial score (nSPS) is 13.2. The number of likely N-dealkylation sites (N-methyl/N-ethyl adjacent to an activating group) is 1. The number of H-pyrrole nitrogens is 1. The van der Waals surface area contributed by atoms with Crippen LogP contribution in [0.1, 0.15) is 25.2 Å². The van der Waals surface area contributed by atoms with Gasteiger partial charge in [0.05, 0.1) is 11.4 Å². The van der Waals surface area contributed by atoms with Crippen LogP contribution in [0.4, 0.5) is 0 Å². The molecule has 0 aliphatic heterocycles. The van der Waals surface area contributed by atoms with E-state index < -0.39 is 10.0 Å². The second-order valence-electron chi connectivity index (χ2n) is 5.36. The van der Waals surface area contributed by atoms with Crippen molar-refractivity contribution in [1.29, 1.82) is 0 Å². The third kappa shape index (κ3) is 3.53. The predicted octanol–water partition coefficient (Wildman–Crippen LogP) is -0.205. The number of nitrogens with one attached hydrogen (secondary N) is 2. The first kappa shape index (κ1) is 16.1. The van der Waals surface area contributed by atoms with Gasteiger partial charge in [-0.05, 0) is 34.9 Å². The highest BCUT2D eigenvalue weighted by Gasteiger charge is 2.27. The fourth-order valence-electron chi connectivity index (χ4n) is 1.47. The van der Waals surface area contributed by atoms with E-state index in [2.05, 4.69) is 14.9 Å². The molecule has 8 heteroatoms. The summed E-state index contributed by atoms with van der Waals surface area (Å²) in [4.78, 5) is 2.12. The van der Waals surface area contributed by atoms with E-state index in [1.165, 1.54) is 0 Å². The largest absolute Gasteiger partial charge is 0.325 e. The molecule has 1 rings (SSSR count). The van der Waals surface area contributed by atoms with Crippen LogP contribution in [0.3, 0.4) is 0 Å². The lowest BCUT2D eigenvalue weighted by Crippen LogP contribution is -2.48. The molecule has 1 aromatic rings. The van der Waals surface area contributed by atoms with Gasteiger partial charge in [0.2, 0.25) is 10.0 Å². The van der Waals surface area contributed by atoms with Crippen LogP contribution in [-0.4, -0.2) is 49.7 Å². The fraction of sp³-hybridized carbons (Fsp3) is 0.727. The van der Waals surface area contributed by atoms with E-state index in [9.17, 15) is 8.42 Å². The van der Waals surface area contributed by atoms with Crippen molar-refractivity contribution >= 4 is 10.0 Å². The molecule has 0 radical (unpaired) electrons. The number of hydrogen-bond donors (Lipinski definition) is 3. The molecule has 0 fully saturated rings. The van der Waals surface area contributed by atoms with Crippen LogP contribution in [0, 0.1) is 6.92 Å². The summed E-state index contributed by atoms with van der Waals surface area (Å²) in [5, 5.41) is 6.56. The molecule has 0 atom stereocenters. The molecule has 0 spiro atoms. The Morgan fingerprint density at radius 2 is 2.00 bits per heavy atom. The molecule has 7 nitrogen and oxygen atoms in total. The first-order valence-corrected chi connectivity index (χ1v) is 7.51. The molecular formula is C11H23N5O2S. The number of nitrogens with two attached hydrogens (primary N) is 1. The summed E-state index contributed by atoms with van der Waals surface area (Å²) >= 11 is 0. The minimum atomic E-state index is -3.61. The van der Waals surface area contributed by atoms with Crippen molar-refractivity contribution < 1.29 is 8.42 Å². The molecule has 19 heavy (non-hydrogen) atoms. The molecule has 0 bridgehead atoms. The smallest absolute Gasteiger partial charge is 0.244 e. The summed E-state index contributed by atoms with van der Waals surface area (Å²) in [6.45, 7) is 5.97. The lowest BCUT2D eigenvalue weighted by Gasteiger charge is -2.32. The number of nitrogens with zero attached hydrogens (tertiary/aromatic N) is 2. The first-order chi connectivity index (χ1) is 8.62. The van der Waals surface area contributed by atoms with E-state index in [0.29, 0.717) is 17.9 Å². The highest BCUT2D eigenvalue weighted by molar-refractivity contribution is 7.89. The summed E-state index contributed by atoms with van der Waals surface area (Å²) in [6, 6.07) is 0. The van der Waals surface area contributed by atoms with Crippen molar-refractivity contribution in [1.82, 2.24) is 19.8 Å². The molecule has 0 unspecified atom stereocenters. The van der Waals surface area contributed by atoms with Gasteiger partial charge in [0.25, 0.3) is 0 Å². The Labute approximate surface area is 114 Å². The Morgan fingerprint density at radius 3 is 2.47 bits per heavy atom. The molecule has 0 saturated heterocycles. The zero-order valence-corrected chi connectivity index (χ0v) is 12.9. The van der Waals surface area contributed by atoms with Crippen LogP contribution in [0.5, 0.6) is 0 Å². The summed E-state index contributed by atoms with van der Waals surface area (Å²) in [5.74, 6) is 0. The van der Waals surface area contributed by atoms with Gasteiger partial charge in [-0.25, -0.2) is 13.1 Å². The van der Waals surface area contributed by atoms with Gasteiger partial charge in [0, 0.05) is 18.6 Å². The third-order valence-electron chi connectivity index (χ3n) is 3.33. The molecule has 110 valence electrons. The first-order valence-electron chi connectivity index (χ1n) is 6.03. The Hall–Kier alpha value is -0.960. The van der Waals surface area contributed by atoms with Crippen LogP contribution in [0.2, 0.25) is 0 Å². The quantitative estimate of drug-likeness (QED) is 0.672. The summed E-state index contributed by atoms with van der Waals surface area (Å²) < 4.78 is 27.2. The van der Waals surface area contributed by atoms with E-state index >= 15 is 0 Å². The Morgan fingerprint density at radius 1 is 1.42 bits per heavy atom. The molecule has 0 aromatic carbocycles. The second-order valence-corrected chi connectivity index (χ2v) is 7.06. The highest BCUT2D eigenvalue weighted by Crippen LogP contribution is 2.18. The van der Waals surface area contributed by atoms with E-state index in [1.54, 1.807) is 6.92 Å². The number of sulfonamides is 1. The van der Waals surface area contributed by atoms with Crippen LogP contribution in [0.15, 0.2) is 4.90 Å². The molecule has 0 aliphatic rings. The summed E-state index contributed by atoms with van der Waals surface area (Å²) in [5.41, 5.74) is 6.07. The van der Waals surface area contributed by atoms with Gasteiger partial charge in [0.1, 0.15) is 4.90 Å². The van der Waals surface area contributed by atoms with E-state index in [1.807, 2.05) is 32.8 Å². The molecule has 4 N–H and O–H groups in total. The Bertz CT molecular complexity index is 533. The van der Waals surface area contributed by atoms with Crippen molar-refractivity contribution in [2.24, 2.45) is 5.73 Å². The summed E-state index contributed by atoms with van der Waals surface area (Å²) in [7, 11) is 0.203. The minimum Gasteiger partial charge on any atom is -0.325 e. The topological polar surface area (TPSA) is 104 Å². The van der Waals surface area contributed by atoms with Gasteiger partial charge in [-0.15, -0.1) is 0 Å². The molecule has 1 heterocycles. The van der Waals surface area contributed by atoms with Crippen molar-refractivity contribution in [3.05, 3.63) is 11.4 Å². The van der Waals surface area contributed by atoms with Crippen LogP contribution >= 0.6 is 0 Å². The Kier molecular flexibility index (Phi) is 4.72. The van der Waals surface area contributed by atoms with Gasteiger partial charge in [-0.3, -0.25) is 5.10 Å². The highest BCUT2D eigenvalue weighted by atomic mass is 32.2. The second kappa shape index (κ2) is 5.58. The van der Waals surface area contributed by atoms with Crippen LogP contribution in [-0.2, 0) is 16.6 Å². The average Bonchev–Trinajstić information content (AvgIpc) is 2.68. The SMILES string of the molecule is Cc1[nH]nc(CN)c1S(=O)(=O)NCC(C)(C)N(C)C. The van der Waals surface area contributed by atoms with Gasteiger partial charge < -0.3 is 10.6 Å². The monoisotopic (exact) mass is 289 g/mol. The van der Waals surface area contributed by atoms with Crippen molar-refractivity contribution in [3.8, 4) is 0 Å². The molecule has 0 aliphatic carbocycles. The number of aromatic amines is 1. The lowest BCUT2D eigenvalue weighted by atomic mass is 10.1. The maximum atomic E-state index is 12.3. The number of hydrogen-bond acceptors (Lipinski definition) is 5.